The molecule has 25 heavy (non-hydrogen) atoms. The molecule has 1 aliphatic carbocycles. The minimum Gasteiger partial charge on any atom is -0.354 e. The highest BCUT2D eigenvalue weighted by Crippen LogP contribution is 2.36. The van der Waals surface area contributed by atoms with Crippen molar-refractivity contribution < 1.29 is 14.4 Å². The molecular formula is C19H21ClN2O3. The number of fused-ring (bicyclic) bond motifs is 1. The summed E-state index contributed by atoms with van der Waals surface area (Å²) in [6, 6.07) is 6.64. The number of nitrogens with zero attached hydrogens (tertiary/aromatic N) is 1. The number of imide groups is 1. The molecule has 0 unspecified atom stereocenters. The number of allylic oxidation sites excluding steroid dienone is 2. The highest BCUT2D eigenvalue weighted by atomic mass is 35.5. The molecule has 5 nitrogen and oxygen atoms in total. The normalized spacial score (nSPS) is 23.5. The van der Waals surface area contributed by atoms with Crippen LogP contribution in [0.3, 0.4) is 0 Å². The summed E-state index contributed by atoms with van der Waals surface area (Å²) in [5, 5.41) is 3.48. The van der Waals surface area contributed by atoms with Gasteiger partial charge in [-0.15, -0.1) is 0 Å². The maximum Gasteiger partial charge on any atom is 0.243 e. The number of carbonyl (C=O) groups excluding carboxylic acids is 3. The van der Waals surface area contributed by atoms with E-state index in [0.29, 0.717) is 30.8 Å². The van der Waals surface area contributed by atoms with E-state index >= 15 is 0 Å². The number of carbonyl (C=O) groups is 3. The van der Waals surface area contributed by atoms with Gasteiger partial charge in [-0.25, -0.2) is 0 Å². The Morgan fingerprint density at radius 3 is 2.28 bits per heavy atom. The molecule has 0 bridgehead atoms. The summed E-state index contributed by atoms with van der Waals surface area (Å²) in [4.78, 5) is 38.5. The van der Waals surface area contributed by atoms with E-state index in [1.165, 1.54) is 0 Å². The first-order valence-electron chi connectivity index (χ1n) is 8.53. The van der Waals surface area contributed by atoms with Crippen LogP contribution in [0.1, 0.15) is 25.3 Å². The van der Waals surface area contributed by atoms with Crippen molar-refractivity contribution in [1.29, 1.82) is 0 Å². The van der Waals surface area contributed by atoms with Gasteiger partial charge < -0.3 is 5.32 Å². The number of nitrogens with one attached hydrogen (secondary N) is 1. The lowest BCUT2D eigenvalue weighted by molar-refractivity contribution is -0.147. The Balaban J connectivity index is 1.56. The van der Waals surface area contributed by atoms with Crippen LogP contribution in [0.2, 0.25) is 5.02 Å². The van der Waals surface area contributed by atoms with E-state index < -0.39 is 6.04 Å². The Morgan fingerprint density at radius 1 is 1.16 bits per heavy atom. The van der Waals surface area contributed by atoms with Crippen molar-refractivity contribution in [3.05, 3.63) is 47.0 Å². The second kappa shape index (κ2) is 7.40. The summed E-state index contributed by atoms with van der Waals surface area (Å²) in [5.74, 6) is -1.36. The molecule has 1 fully saturated rings. The third-order valence-electron chi connectivity index (χ3n) is 4.93. The smallest absolute Gasteiger partial charge is 0.243 e. The lowest BCUT2D eigenvalue weighted by Gasteiger charge is -2.22. The third kappa shape index (κ3) is 3.61. The van der Waals surface area contributed by atoms with Gasteiger partial charge in [-0.3, -0.25) is 19.3 Å². The fourth-order valence-electron chi connectivity index (χ4n) is 3.45. The summed E-state index contributed by atoms with van der Waals surface area (Å²) in [6.45, 7) is 2.05. The molecule has 0 spiro atoms. The van der Waals surface area contributed by atoms with E-state index in [1.54, 1.807) is 19.1 Å². The fourth-order valence-corrected chi connectivity index (χ4v) is 3.58. The zero-order chi connectivity index (χ0) is 18.0. The molecule has 3 amide bonds. The quantitative estimate of drug-likeness (QED) is 0.647. The van der Waals surface area contributed by atoms with Gasteiger partial charge in [0.2, 0.25) is 17.7 Å². The molecule has 132 valence electrons. The summed E-state index contributed by atoms with van der Waals surface area (Å²) >= 11 is 5.85. The minimum atomic E-state index is -0.782. The van der Waals surface area contributed by atoms with E-state index in [4.69, 9.17) is 11.6 Å². The van der Waals surface area contributed by atoms with Crippen LogP contribution < -0.4 is 5.32 Å². The van der Waals surface area contributed by atoms with Gasteiger partial charge in [-0.2, -0.15) is 0 Å². The molecule has 0 aromatic heterocycles. The fraction of sp³-hybridized carbons (Fsp3) is 0.421. The Hall–Kier alpha value is -2.14. The molecule has 0 radical (unpaired) electrons. The Morgan fingerprint density at radius 2 is 1.72 bits per heavy atom. The lowest BCUT2D eigenvalue weighted by Crippen LogP contribution is -2.48. The zero-order valence-corrected chi connectivity index (χ0v) is 14.8. The highest BCUT2D eigenvalue weighted by Gasteiger charge is 2.49. The first-order valence-corrected chi connectivity index (χ1v) is 8.91. The van der Waals surface area contributed by atoms with Crippen LogP contribution in [0.5, 0.6) is 0 Å². The van der Waals surface area contributed by atoms with Crippen LogP contribution >= 0.6 is 11.6 Å². The van der Waals surface area contributed by atoms with E-state index in [2.05, 4.69) is 5.32 Å². The molecule has 2 aliphatic rings. The summed E-state index contributed by atoms with van der Waals surface area (Å²) in [6.07, 6.45) is 5.69. The minimum absolute atomic E-state index is 0.222. The van der Waals surface area contributed by atoms with Crippen molar-refractivity contribution in [1.82, 2.24) is 10.2 Å². The van der Waals surface area contributed by atoms with Gasteiger partial charge in [-0.1, -0.05) is 35.9 Å². The number of benzene rings is 1. The molecule has 0 saturated carbocycles. The van der Waals surface area contributed by atoms with Gasteiger partial charge in [0, 0.05) is 11.6 Å². The van der Waals surface area contributed by atoms with Crippen molar-refractivity contribution in [2.24, 2.45) is 11.8 Å². The van der Waals surface area contributed by atoms with Crippen LogP contribution in [0.15, 0.2) is 36.4 Å². The van der Waals surface area contributed by atoms with Gasteiger partial charge in [0.25, 0.3) is 0 Å². The predicted octanol–water partition coefficient (Wildman–Crippen LogP) is 2.34. The van der Waals surface area contributed by atoms with Crippen molar-refractivity contribution in [2.45, 2.75) is 32.2 Å². The van der Waals surface area contributed by atoms with Crippen molar-refractivity contribution in [2.75, 3.05) is 6.54 Å². The maximum absolute atomic E-state index is 12.5. The SMILES string of the molecule is C[C@@H](C(=O)NCCc1ccc(Cl)cc1)N1C(=O)[C@H]2CC=CC[C@@H]2C1=O. The van der Waals surface area contributed by atoms with Crippen LogP contribution in [-0.4, -0.2) is 35.2 Å². The number of likely N-dealkylation sites (tertiary alicyclic amines) is 1. The lowest BCUT2D eigenvalue weighted by atomic mass is 9.85. The van der Waals surface area contributed by atoms with Crippen molar-refractivity contribution >= 4 is 29.3 Å². The summed E-state index contributed by atoms with van der Waals surface area (Å²) in [7, 11) is 0. The summed E-state index contributed by atoms with van der Waals surface area (Å²) < 4.78 is 0. The topological polar surface area (TPSA) is 66.5 Å². The van der Waals surface area contributed by atoms with Gasteiger partial charge >= 0.3 is 0 Å². The first-order chi connectivity index (χ1) is 12.0. The van der Waals surface area contributed by atoms with Gasteiger partial charge in [0.1, 0.15) is 6.04 Å². The molecular weight excluding hydrogens is 340 g/mol. The largest absolute Gasteiger partial charge is 0.354 e. The molecule has 3 rings (SSSR count). The van der Waals surface area contributed by atoms with Gasteiger partial charge in [-0.05, 0) is 43.9 Å². The van der Waals surface area contributed by atoms with Crippen molar-refractivity contribution in [3.8, 4) is 0 Å². The molecule has 1 aromatic carbocycles. The Kier molecular flexibility index (Phi) is 5.23. The molecule has 1 saturated heterocycles. The average molecular weight is 361 g/mol. The van der Waals surface area contributed by atoms with Crippen LogP contribution in [0.4, 0.5) is 0 Å². The molecule has 1 N–H and O–H groups in total. The number of hydrogen-bond acceptors (Lipinski definition) is 3. The predicted molar refractivity (Wildman–Crippen MR) is 94.8 cm³/mol. The van der Waals surface area contributed by atoms with E-state index in [1.807, 2.05) is 24.3 Å². The summed E-state index contributed by atoms with van der Waals surface area (Å²) in [5.41, 5.74) is 1.06. The zero-order valence-electron chi connectivity index (χ0n) is 14.1. The van der Waals surface area contributed by atoms with E-state index in [0.717, 1.165) is 10.5 Å². The highest BCUT2D eigenvalue weighted by molar-refractivity contribution is 6.30. The van der Waals surface area contributed by atoms with Crippen LogP contribution in [0, 0.1) is 11.8 Å². The van der Waals surface area contributed by atoms with Crippen molar-refractivity contribution in [3.63, 3.8) is 0 Å². The number of amides is 3. The number of rotatable bonds is 5. The monoisotopic (exact) mass is 360 g/mol. The van der Waals surface area contributed by atoms with Crippen LogP contribution in [-0.2, 0) is 20.8 Å². The molecule has 1 aromatic rings. The number of hydrogen-bond donors (Lipinski definition) is 1. The molecule has 1 heterocycles. The molecule has 6 heteroatoms. The first kappa shape index (κ1) is 17.7. The maximum atomic E-state index is 12.5. The number of halogens is 1. The van der Waals surface area contributed by atoms with Gasteiger partial charge in [0.05, 0.1) is 11.8 Å². The standard InChI is InChI=1S/C19H21ClN2O3/c1-12(17(23)21-11-10-13-6-8-14(20)9-7-13)22-18(24)15-4-2-3-5-16(15)19(22)25/h2-3,6-9,12,15-16H,4-5,10-11H2,1H3,(H,21,23)/t12-,15-,16-/m0/s1. The third-order valence-corrected chi connectivity index (χ3v) is 5.19. The van der Waals surface area contributed by atoms with Gasteiger partial charge in [0.15, 0.2) is 0 Å². The van der Waals surface area contributed by atoms with E-state index in [-0.39, 0.29) is 29.6 Å². The Labute approximate surface area is 152 Å². The Bertz CT molecular complexity index is 688. The molecule has 1 aliphatic heterocycles. The average Bonchev–Trinajstić information content (AvgIpc) is 2.87. The van der Waals surface area contributed by atoms with E-state index in [9.17, 15) is 14.4 Å². The van der Waals surface area contributed by atoms with Crippen LogP contribution in [0.25, 0.3) is 0 Å². The molecule has 3 atom stereocenters. The second-order valence-electron chi connectivity index (χ2n) is 6.55. The second-order valence-corrected chi connectivity index (χ2v) is 6.98.